The van der Waals surface area contributed by atoms with Crippen LogP contribution in [0.4, 0.5) is 0 Å². The fraction of sp³-hybridized carbons (Fsp3) is 0.556. The van der Waals surface area contributed by atoms with Crippen LogP contribution in [0.2, 0.25) is 0 Å². The van der Waals surface area contributed by atoms with E-state index in [1.165, 1.54) is 13.0 Å². The van der Waals surface area contributed by atoms with Crippen LogP contribution >= 0.6 is 0 Å². The number of hydrogen-bond donors (Lipinski definition) is 3. The van der Waals surface area contributed by atoms with Crippen LogP contribution in [-0.2, 0) is 9.59 Å². The summed E-state index contributed by atoms with van der Waals surface area (Å²) in [5, 5.41) is 11.1. The van der Waals surface area contributed by atoms with Gasteiger partial charge in [-0.05, 0) is 12.8 Å². The standard InChI is InChI=1S/C9H14N2O3/c1-6(13)11-8(14)4-7(10)9(5-12)2-3-9/h4,12H,2-3,5,10H2,1H3,(H,11,13,14). The van der Waals surface area contributed by atoms with Crippen LogP contribution in [0.1, 0.15) is 19.8 Å². The number of nitrogens with two attached hydrogens (primary N) is 1. The number of carbonyl (C=O) groups excluding carboxylic acids is 2. The lowest BCUT2D eigenvalue weighted by Gasteiger charge is -2.11. The van der Waals surface area contributed by atoms with Crippen LogP contribution in [0.25, 0.3) is 0 Å². The Morgan fingerprint density at radius 2 is 2.14 bits per heavy atom. The molecular formula is C9H14N2O3. The van der Waals surface area contributed by atoms with Crippen molar-refractivity contribution in [2.75, 3.05) is 6.61 Å². The molecule has 0 aromatic carbocycles. The Kier molecular flexibility index (Phi) is 2.90. The van der Waals surface area contributed by atoms with E-state index in [0.29, 0.717) is 5.70 Å². The average molecular weight is 198 g/mol. The molecule has 0 saturated heterocycles. The Morgan fingerprint density at radius 3 is 2.50 bits per heavy atom. The van der Waals surface area contributed by atoms with E-state index in [9.17, 15) is 9.59 Å². The Bertz CT molecular complexity index is 292. The van der Waals surface area contributed by atoms with Gasteiger partial charge in [0, 0.05) is 24.1 Å². The molecule has 0 radical (unpaired) electrons. The average Bonchev–Trinajstić information content (AvgIpc) is 2.82. The summed E-state index contributed by atoms with van der Waals surface area (Å²) in [6, 6.07) is 0. The third kappa shape index (κ3) is 2.32. The molecule has 0 heterocycles. The van der Waals surface area contributed by atoms with Gasteiger partial charge in [0.1, 0.15) is 0 Å². The lowest BCUT2D eigenvalue weighted by atomic mass is 10.0. The van der Waals surface area contributed by atoms with Crippen molar-refractivity contribution >= 4 is 11.8 Å². The molecule has 5 heteroatoms. The second-order valence-corrected chi connectivity index (χ2v) is 3.58. The van der Waals surface area contributed by atoms with Gasteiger partial charge in [0.15, 0.2) is 0 Å². The predicted octanol–water partition coefficient (Wildman–Crippen LogP) is -0.736. The summed E-state index contributed by atoms with van der Waals surface area (Å²) in [5.74, 6) is -0.956. The molecule has 0 unspecified atom stereocenters. The molecule has 0 aliphatic heterocycles. The van der Waals surface area contributed by atoms with Crippen molar-refractivity contribution in [1.82, 2.24) is 5.32 Å². The van der Waals surface area contributed by atoms with Gasteiger partial charge >= 0.3 is 0 Å². The zero-order valence-electron chi connectivity index (χ0n) is 8.04. The number of nitrogens with one attached hydrogen (secondary N) is 1. The van der Waals surface area contributed by atoms with Gasteiger partial charge in [0.05, 0.1) is 6.61 Å². The van der Waals surface area contributed by atoms with E-state index in [1.807, 2.05) is 0 Å². The lowest BCUT2D eigenvalue weighted by molar-refractivity contribution is -0.126. The summed E-state index contributed by atoms with van der Waals surface area (Å²) in [7, 11) is 0. The quantitative estimate of drug-likeness (QED) is 0.521. The molecule has 1 saturated carbocycles. The highest BCUT2D eigenvalue weighted by Crippen LogP contribution is 2.49. The minimum Gasteiger partial charge on any atom is -0.401 e. The summed E-state index contributed by atoms with van der Waals surface area (Å²) in [4.78, 5) is 21.6. The summed E-state index contributed by atoms with van der Waals surface area (Å²) in [5.41, 5.74) is 5.57. The van der Waals surface area contributed by atoms with Gasteiger partial charge in [-0.25, -0.2) is 0 Å². The molecule has 0 spiro atoms. The molecule has 2 amide bonds. The van der Waals surface area contributed by atoms with E-state index in [4.69, 9.17) is 10.8 Å². The predicted molar refractivity (Wildman–Crippen MR) is 49.8 cm³/mol. The molecule has 78 valence electrons. The molecule has 0 bridgehead atoms. The summed E-state index contributed by atoms with van der Waals surface area (Å²) in [6.07, 6.45) is 2.75. The maximum atomic E-state index is 11.1. The van der Waals surface area contributed by atoms with Gasteiger partial charge in [-0.2, -0.15) is 0 Å². The molecule has 0 atom stereocenters. The lowest BCUT2D eigenvalue weighted by Crippen LogP contribution is -2.28. The van der Waals surface area contributed by atoms with Gasteiger partial charge in [0.2, 0.25) is 5.91 Å². The van der Waals surface area contributed by atoms with E-state index in [0.717, 1.165) is 12.8 Å². The third-order valence-corrected chi connectivity index (χ3v) is 2.35. The number of carbonyl (C=O) groups is 2. The maximum Gasteiger partial charge on any atom is 0.252 e. The van der Waals surface area contributed by atoms with Crippen LogP contribution < -0.4 is 11.1 Å². The summed E-state index contributed by atoms with van der Waals surface area (Å²) in [6.45, 7) is 1.20. The van der Waals surface area contributed by atoms with Gasteiger partial charge < -0.3 is 10.8 Å². The second kappa shape index (κ2) is 3.79. The van der Waals surface area contributed by atoms with E-state index < -0.39 is 17.2 Å². The van der Waals surface area contributed by atoms with Gasteiger partial charge in [-0.1, -0.05) is 0 Å². The normalized spacial score (nSPS) is 18.9. The van der Waals surface area contributed by atoms with Crippen LogP contribution in [0.3, 0.4) is 0 Å². The van der Waals surface area contributed by atoms with Crippen molar-refractivity contribution in [3.05, 3.63) is 11.8 Å². The number of aliphatic hydroxyl groups excluding tert-OH is 1. The number of hydrogen-bond acceptors (Lipinski definition) is 4. The largest absolute Gasteiger partial charge is 0.401 e. The van der Waals surface area contributed by atoms with Crippen molar-refractivity contribution in [1.29, 1.82) is 0 Å². The fourth-order valence-corrected chi connectivity index (χ4v) is 1.19. The molecule has 0 aromatic heterocycles. The molecule has 1 fully saturated rings. The first-order valence-corrected chi connectivity index (χ1v) is 4.40. The first-order valence-electron chi connectivity index (χ1n) is 4.40. The topological polar surface area (TPSA) is 92.4 Å². The number of imide groups is 1. The SMILES string of the molecule is CC(=O)NC(=O)C=C(N)C1(CO)CC1. The van der Waals surface area contributed by atoms with E-state index in [-0.39, 0.29) is 6.61 Å². The Hall–Kier alpha value is -1.36. The molecule has 1 aliphatic rings. The maximum absolute atomic E-state index is 11.1. The molecule has 0 aromatic rings. The monoisotopic (exact) mass is 198 g/mol. The van der Waals surface area contributed by atoms with E-state index in [1.54, 1.807) is 0 Å². The van der Waals surface area contributed by atoms with Gasteiger partial charge in [-0.3, -0.25) is 14.9 Å². The van der Waals surface area contributed by atoms with Crippen molar-refractivity contribution < 1.29 is 14.7 Å². The van der Waals surface area contributed by atoms with E-state index in [2.05, 4.69) is 5.32 Å². The molecular weight excluding hydrogens is 184 g/mol. The van der Waals surface area contributed by atoms with Crippen LogP contribution in [0.5, 0.6) is 0 Å². The van der Waals surface area contributed by atoms with Gasteiger partial charge in [-0.15, -0.1) is 0 Å². The second-order valence-electron chi connectivity index (χ2n) is 3.58. The van der Waals surface area contributed by atoms with Crippen molar-refractivity contribution in [3.63, 3.8) is 0 Å². The molecule has 1 aliphatic carbocycles. The molecule has 4 N–H and O–H groups in total. The number of amides is 2. The Labute approximate surface area is 82.0 Å². The smallest absolute Gasteiger partial charge is 0.252 e. The zero-order valence-corrected chi connectivity index (χ0v) is 8.04. The van der Waals surface area contributed by atoms with Crippen LogP contribution in [0, 0.1) is 5.41 Å². The number of rotatable bonds is 3. The first kappa shape index (κ1) is 10.7. The van der Waals surface area contributed by atoms with Crippen molar-refractivity contribution in [2.45, 2.75) is 19.8 Å². The van der Waals surface area contributed by atoms with Crippen molar-refractivity contribution in [2.24, 2.45) is 11.1 Å². The molecule has 1 rings (SSSR count). The highest BCUT2D eigenvalue weighted by molar-refractivity contribution is 6.00. The van der Waals surface area contributed by atoms with Crippen LogP contribution in [-0.4, -0.2) is 23.5 Å². The Balaban J connectivity index is 2.59. The highest BCUT2D eigenvalue weighted by Gasteiger charge is 2.44. The van der Waals surface area contributed by atoms with Crippen LogP contribution in [0.15, 0.2) is 11.8 Å². The van der Waals surface area contributed by atoms with E-state index >= 15 is 0 Å². The fourth-order valence-electron chi connectivity index (χ4n) is 1.19. The highest BCUT2D eigenvalue weighted by atomic mass is 16.3. The van der Waals surface area contributed by atoms with Gasteiger partial charge in [0.25, 0.3) is 5.91 Å². The van der Waals surface area contributed by atoms with Crippen molar-refractivity contribution in [3.8, 4) is 0 Å². The minimum absolute atomic E-state index is 0.0529. The molecule has 14 heavy (non-hydrogen) atoms. The Morgan fingerprint density at radius 1 is 1.57 bits per heavy atom. The minimum atomic E-state index is -0.533. The summed E-state index contributed by atoms with van der Waals surface area (Å²) >= 11 is 0. The number of aliphatic hydroxyl groups is 1. The third-order valence-electron chi connectivity index (χ3n) is 2.35. The summed E-state index contributed by atoms with van der Waals surface area (Å²) < 4.78 is 0. The zero-order chi connectivity index (χ0) is 10.8. The first-order chi connectivity index (χ1) is 6.50. The molecule has 5 nitrogen and oxygen atoms in total.